The number of fused-ring (bicyclic) bond motifs is 2. The Morgan fingerprint density at radius 2 is 1.32 bits per heavy atom. The smallest absolute Gasteiger partial charge is 0.0552 e. The van der Waals surface area contributed by atoms with E-state index in [0.29, 0.717) is 0 Å². The molecule has 3 heteroatoms. The third-order valence-corrected chi connectivity index (χ3v) is 5.73. The van der Waals surface area contributed by atoms with Crippen LogP contribution >= 0.6 is 11.8 Å². The number of rotatable bonds is 5. The van der Waals surface area contributed by atoms with E-state index in [4.69, 9.17) is 0 Å². The first-order chi connectivity index (χ1) is 12.3. The summed E-state index contributed by atoms with van der Waals surface area (Å²) in [4.78, 5) is 7.49. The van der Waals surface area contributed by atoms with Crippen molar-refractivity contribution in [1.82, 2.24) is 0 Å². The van der Waals surface area contributed by atoms with Crippen molar-refractivity contribution in [3.05, 3.63) is 78.9 Å². The number of nitrogens with zero attached hydrogens (tertiary/aromatic N) is 2. The van der Waals surface area contributed by atoms with Crippen molar-refractivity contribution in [2.24, 2.45) is 0 Å². The highest BCUT2D eigenvalue weighted by Gasteiger charge is 2.22. The van der Waals surface area contributed by atoms with Gasteiger partial charge in [0.2, 0.25) is 0 Å². The van der Waals surface area contributed by atoms with Crippen molar-refractivity contribution in [1.29, 1.82) is 0 Å². The summed E-state index contributed by atoms with van der Waals surface area (Å²) in [6.07, 6.45) is 1.11. The van der Waals surface area contributed by atoms with Crippen LogP contribution in [0.15, 0.2) is 88.7 Å². The minimum Gasteiger partial charge on any atom is -0.375 e. The predicted octanol–water partition coefficient (Wildman–Crippen LogP) is 5.82. The van der Waals surface area contributed by atoms with E-state index in [9.17, 15) is 0 Å². The molecule has 0 saturated heterocycles. The summed E-state index contributed by atoms with van der Waals surface area (Å²) in [6, 6.07) is 28.0. The topological polar surface area (TPSA) is 6.48 Å². The van der Waals surface area contributed by atoms with Gasteiger partial charge in [-0.05, 0) is 42.8 Å². The Bertz CT molecular complexity index is 802. The van der Waals surface area contributed by atoms with Gasteiger partial charge in [-0.2, -0.15) is 0 Å². The quantitative estimate of drug-likeness (QED) is 0.575. The molecule has 0 bridgehead atoms. The second-order valence-corrected chi connectivity index (χ2v) is 7.38. The van der Waals surface area contributed by atoms with Crippen molar-refractivity contribution in [2.45, 2.75) is 16.2 Å². The molecule has 0 spiro atoms. The SMILES string of the molecule is CN(CCCN1c2ccccc2Sc2ccccc21)c1ccccc1. The maximum Gasteiger partial charge on any atom is 0.0552 e. The van der Waals surface area contributed by atoms with Gasteiger partial charge in [-0.1, -0.05) is 54.2 Å². The number of para-hydroxylation sites is 3. The Kier molecular flexibility index (Phi) is 4.66. The summed E-state index contributed by atoms with van der Waals surface area (Å²) >= 11 is 1.87. The Labute approximate surface area is 154 Å². The van der Waals surface area contributed by atoms with Gasteiger partial charge in [0.25, 0.3) is 0 Å². The van der Waals surface area contributed by atoms with Crippen LogP contribution in [0.2, 0.25) is 0 Å². The van der Waals surface area contributed by atoms with Crippen LogP contribution < -0.4 is 9.80 Å². The lowest BCUT2D eigenvalue weighted by Gasteiger charge is -2.33. The summed E-state index contributed by atoms with van der Waals surface area (Å²) in [6.45, 7) is 2.06. The zero-order chi connectivity index (χ0) is 17.1. The van der Waals surface area contributed by atoms with Crippen LogP contribution in [0.4, 0.5) is 17.1 Å². The molecule has 0 amide bonds. The lowest BCUT2D eigenvalue weighted by molar-refractivity contribution is 0.771. The minimum absolute atomic E-state index is 1.02. The van der Waals surface area contributed by atoms with Crippen LogP contribution in [0.5, 0.6) is 0 Å². The fourth-order valence-electron chi connectivity index (χ4n) is 3.30. The second-order valence-electron chi connectivity index (χ2n) is 6.30. The summed E-state index contributed by atoms with van der Waals surface area (Å²) < 4.78 is 0. The summed E-state index contributed by atoms with van der Waals surface area (Å²) in [5.74, 6) is 0. The van der Waals surface area contributed by atoms with Gasteiger partial charge in [0.05, 0.1) is 11.4 Å². The second kappa shape index (κ2) is 7.24. The maximum absolute atomic E-state index is 2.47. The van der Waals surface area contributed by atoms with Gasteiger partial charge in [-0.25, -0.2) is 0 Å². The number of hydrogen-bond donors (Lipinski definition) is 0. The van der Waals surface area contributed by atoms with E-state index in [1.165, 1.54) is 26.9 Å². The standard InChI is InChI=1S/C22H22N2S/c1-23(18-10-3-2-4-11-18)16-9-17-24-19-12-5-7-14-21(19)25-22-15-8-6-13-20(22)24/h2-8,10-15H,9,16-17H2,1H3. The van der Waals surface area contributed by atoms with E-state index < -0.39 is 0 Å². The molecule has 3 aromatic rings. The van der Waals surface area contributed by atoms with Crippen LogP contribution in [0, 0.1) is 0 Å². The molecule has 4 rings (SSSR count). The molecule has 25 heavy (non-hydrogen) atoms. The molecule has 0 N–H and O–H groups in total. The Hall–Kier alpha value is -2.39. The van der Waals surface area contributed by atoms with E-state index >= 15 is 0 Å². The molecule has 0 fully saturated rings. The normalized spacial score (nSPS) is 12.4. The van der Waals surface area contributed by atoms with E-state index in [2.05, 4.69) is 95.7 Å². The van der Waals surface area contributed by atoms with Crippen molar-refractivity contribution in [2.75, 3.05) is 29.9 Å². The van der Waals surface area contributed by atoms with Crippen LogP contribution in [-0.2, 0) is 0 Å². The molecule has 0 aliphatic carbocycles. The van der Waals surface area contributed by atoms with E-state index in [-0.39, 0.29) is 0 Å². The van der Waals surface area contributed by atoms with Crippen molar-refractivity contribution in [3.63, 3.8) is 0 Å². The van der Waals surface area contributed by atoms with E-state index in [0.717, 1.165) is 19.5 Å². The van der Waals surface area contributed by atoms with Crippen LogP contribution in [-0.4, -0.2) is 20.1 Å². The van der Waals surface area contributed by atoms with Gasteiger partial charge in [-0.3, -0.25) is 0 Å². The zero-order valence-corrected chi connectivity index (χ0v) is 15.2. The molecule has 126 valence electrons. The summed E-state index contributed by atoms with van der Waals surface area (Å²) in [5, 5.41) is 0. The Morgan fingerprint density at radius 3 is 1.96 bits per heavy atom. The fraction of sp³-hybridized carbons (Fsp3) is 0.182. The van der Waals surface area contributed by atoms with Crippen molar-refractivity contribution >= 4 is 28.8 Å². The molecule has 1 aliphatic heterocycles. The molecular weight excluding hydrogens is 324 g/mol. The molecule has 1 aliphatic rings. The lowest BCUT2D eigenvalue weighted by atomic mass is 10.2. The monoisotopic (exact) mass is 346 g/mol. The van der Waals surface area contributed by atoms with Gasteiger partial charge in [0.15, 0.2) is 0 Å². The highest BCUT2D eigenvalue weighted by molar-refractivity contribution is 7.99. The molecule has 0 unspecified atom stereocenters. The van der Waals surface area contributed by atoms with Gasteiger partial charge in [0, 0.05) is 35.6 Å². The Morgan fingerprint density at radius 1 is 0.760 bits per heavy atom. The molecule has 0 saturated carbocycles. The lowest BCUT2D eigenvalue weighted by Crippen LogP contribution is -2.26. The third-order valence-electron chi connectivity index (χ3n) is 4.60. The number of benzene rings is 3. The number of hydrogen-bond acceptors (Lipinski definition) is 3. The van der Waals surface area contributed by atoms with Crippen molar-refractivity contribution < 1.29 is 0 Å². The number of anilines is 3. The average molecular weight is 346 g/mol. The van der Waals surface area contributed by atoms with Gasteiger partial charge >= 0.3 is 0 Å². The first-order valence-corrected chi connectivity index (χ1v) is 9.54. The molecule has 1 heterocycles. The fourth-order valence-corrected chi connectivity index (χ4v) is 4.40. The maximum atomic E-state index is 2.47. The predicted molar refractivity (Wildman–Crippen MR) is 108 cm³/mol. The highest BCUT2D eigenvalue weighted by Crippen LogP contribution is 2.47. The summed E-state index contributed by atoms with van der Waals surface area (Å²) in [5.41, 5.74) is 3.93. The molecule has 3 aromatic carbocycles. The van der Waals surface area contributed by atoms with Gasteiger partial charge in [-0.15, -0.1) is 0 Å². The van der Waals surface area contributed by atoms with Crippen LogP contribution in [0.1, 0.15) is 6.42 Å². The largest absolute Gasteiger partial charge is 0.375 e. The minimum atomic E-state index is 1.02. The first-order valence-electron chi connectivity index (χ1n) is 8.72. The zero-order valence-electron chi connectivity index (χ0n) is 14.4. The van der Waals surface area contributed by atoms with E-state index in [1.807, 2.05) is 11.8 Å². The third kappa shape index (κ3) is 3.38. The molecule has 2 nitrogen and oxygen atoms in total. The first kappa shape index (κ1) is 16.1. The molecule has 0 aromatic heterocycles. The van der Waals surface area contributed by atoms with Crippen molar-refractivity contribution in [3.8, 4) is 0 Å². The summed E-state index contributed by atoms with van der Waals surface area (Å²) in [7, 11) is 2.17. The van der Waals surface area contributed by atoms with Crippen LogP contribution in [0.25, 0.3) is 0 Å². The van der Waals surface area contributed by atoms with Gasteiger partial charge in [0.1, 0.15) is 0 Å². The highest BCUT2D eigenvalue weighted by atomic mass is 32.2. The molecular formula is C22H22N2S. The van der Waals surface area contributed by atoms with E-state index in [1.54, 1.807) is 0 Å². The Balaban J connectivity index is 1.51. The van der Waals surface area contributed by atoms with Crippen LogP contribution in [0.3, 0.4) is 0 Å². The molecule has 0 atom stereocenters. The van der Waals surface area contributed by atoms with Gasteiger partial charge < -0.3 is 9.80 Å². The molecule has 0 radical (unpaired) electrons. The average Bonchev–Trinajstić information content (AvgIpc) is 2.68.